The maximum Gasteiger partial charge on any atom is 0.346 e. The number of aryl methyl sites for hydroxylation is 1. The second-order valence-corrected chi connectivity index (χ2v) is 2.66. The molecular formula is C6H8ClN3O2. The van der Waals surface area contributed by atoms with Crippen LogP contribution in [0.25, 0.3) is 0 Å². The topological polar surface area (TPSA) is 61.0 Å². The number of aromatic nitrogens is 2. The zero-order valence-electron chi connectivity index (χ0n) is 6.74. The molecule has 6 heteroatoms. The van der Waals surface area contributed by atoms with Gasteiger partial charge in [0.25, 0.3) is 5.28 Å². The van der Waals surface area contributed by atoms with E-state index in [0.29, 0.717) is 12.1 Å². The molecule has 1 aromatic rings. The number of halogens is 1. The average molecular weight is 190 g/mol. The number of rotatable bonds is 2. The fourth-order valence-electron chi connectivity index (χ4n) is 0.982. The molecular weight excluding hydrogens is 182 g/mol. The maximum absolute atomic E-state index is 10.5. The fraction of sp³-hybridized carbons (Fsp3) is 0.500. The van der Waals surface area contributed by atoms with E-state index in [9.17, 15) is 10.1 Å². The van der Waals surface area contributed by atoms with Crippen molar-refractivity contribution in [3.8, 4) is 0 Å². The van der Waals surface area contributed by atoms with Crippen molar-refractivity contribution in [2.45, 2.75) is 13.3 Å². The van der Waals surface area contributed by atoms with E-state index in [2.05, 4.69) is 4.98 Å². The molecule has 0 bridgehead atoms. The number of hydrogen-bond acceptors (Lipinski definition) is 3. The van der Waals surface area contributed by atoms with Crippen LogP contribution in [0.3, 0.4) is 0 Å². The van der Waals surface area contributed by atoms with Crippen LogP contribution in [0.4, 0.5) is 5.82 Å². The van der Waals surface area contributed by atoms with Crippen LogP contribution < -0.4 is 0 Å². The van der Waals surface area contributed by atoms with E-state index >= 15 is 0 Å². The maximum atomic E-state index is 10.5. The summed E-state index contributed by atoms with van der Waals surface area (Å²) in [6.07, 6.45) is 0.511. The molecule has 5 nitrogen and oxygen atoms in total. The third-order valence-electron chi connectivity index (χ3n) is 1.59. The molecule has 66 valence electrons. The van der Waals surface area contributed by atoms with Crippen molar-refractivity contribution in [3.05, 3.63) is 21.1 Å². The summed E-state index contributed by atoms with van der Waals surface area (Å²) in [6, 6.07) is 0. The molecule has 12 heavy (non-hydrogen) atoms. The van der Waals surface area contributed by atoms with Crippen molar-refractivity contribution in [3.63, 3.8) is 0 Å². The number of nitrogens with zero attached hydrogens (tertiary/aromatic N) is 3. The lowest BCUT2D eigenvalue weighted by Gasteiger charge is -1.95. The smallest absolute Gasteiger partial charge is 0.346 e. The summed E-state index contributed by atoms with van der Waals surface area (Å²) in [5.41, 5.74) is 0.424. The first-order valence-corrected chi connectivity index (χ1v) is 3.81. The lowest BCUT2D eigenvalue weighted by Crippen LogP contribution is -1.99. The highest BCUT2D eigenvalue weighted by molar-refractivity contribution is 6.28. The Labute approximate surface area is 74.1 Å². The Morgan fingerprint density at radius 1 is 1.75 bits per heavy atom. The normalized spacial score (nSPS) is 10.2. The van der Waals surface area contributed by atoms with Crippen LogP contribution >= 0.6 is 11.6 Å². The number of imidazole rings is 1. The van der Waals surface area contributed by atoms with Gasteiger partial charge in [0.15, 0.2) is 0 Å². The van der Waals surface area contributed by atoms with Gasteiger partial charge in [0.2, 0.25) is 0 Å². The molecule has 0 fully saturated rings. The molecule has 0 radical (unpaired) electrons. The Morgan fingerprint density at radius 2 is 2.33 bits per heavy atom. The summed E-state index contributed by atoms with van der Waals surface area (Å²) in [4.78, 5) is 13.9. The van der Waals surface area contributed by atoms with Gasteiger partial charge in [-0.3, -0.25) is 0 Å². The second kappa shape index (κ2) is 3.10. The molecule has 0 atom stereocenters. The lowest BCUT2D eigenvalue weighted by atomic mass is 10.3. The zero-order valence-corrected chi connectivity index (χ0v) is 7.50. The highest BCUT2D eigenvalue weighted by Gasteiger charge is 2.21. The Kier molecular flexibility index (Phi) is 2.32. The van der Waals surface area contributed by atoms with Crippen LogP contribution in [0.1, 0.15) is 12.6 Å². The quantitative estimate of drug-likeness (QED) is 0.524. The van der Waals surface area contributed by atoms with Gasteiger partial charge in [0, 0.05) is 0 Å². The minimum Gasteiger partial charge on any atom is -0.358 e. The highest BCUT2D eigenvalue weighted by Crippen LogP contribution is 2.21. The van der Waals surface area contributed by atoms with Gasteiger partial charge >= 0.3 is 5.82 Å². The van der Waals surface area contributed by atoms with Gasteiger partial charge in [-0.2, -0.15) is 9.55 Å². The van der Waals surface area contributed by atoms with E-state index < -0.39 is 4.92 Å². The number of hydrogen-bond donors (Lipinski definition) is 0. The molecule has 0 aliphatic carbocycles. The summed E-state index contributed by atoms with van der Waals surface area (Å²) in [5, 5.41) is 10.7. The molecule has 1 heterocycles. The van der Waals surface area contributed by atoms with Crippen molar-refractivity contribution < 1.29 is 4.92 Å². The summed E-state index contributed by atoms with van der Waals surface area (Å²) in [7, 11) is 1.52. The molecule has 0 spiro atoms. The molecule has 0 aliphatic rings. The Bertz CT molecular complexity index is 321. The van der Waals surface area contributed by atoms with Crippen LogP contribution in [0.15, 0.2) is 0 Å². The Hall–Kier alpha value is -1.10. The first kappa shape index (κ1) is 8.99. The first-order chi connectivity index (χ1) is 5.57. The SMILES string of the molecule is CCc1nc(Cl)n(C)c1[N+](=O)[O-]. The van der Waals surface area contributed by atoms with Crippen molar-refractivity contribution in [2.24, 2.45) is 7.05 Å². The van der Waals surface area contributed by atoms with Crippen LogP contribution in [0.2, 0.25) is 5.28 Å². The highest BCUT2D eigenvalue weighted by atomic mass is 35.5. The standard InChI is InChI=1S/C6H8ClN3O2/c1-3-4-5(10(11)12)9(2)6(7)8-4/h3H2,1-2H3. The van der Waals surface area contributed by atoms with Crippen LogP contribution in [-0.4, -0.2) is 14.5 Å². The van der Waals surface area contributed by atoms with Gasteiger partial charge in [-0.1, -0.05) is 6.92 Å². The molecule has 1 rings (SSSR count). The predicted molar refractivity (Wildman–Crippen MR) is 44.3 cm³/mol. The first-order valence-electron chi connectivity index (χ1n) is 3.43. The average Bonchev–Trinajstić information content (AvgIpc) is 2.28. The van der Waals surface area contributed by atoms with Crippen LogP contribution in [-0.2, 0) is 13.5 Å². The van der Waals surface area contributed by atoms with E-state index in [-0.39, 0.29) is 11.1 Å². The van der Waals surface area contributed by atoms with E-state index in [1.165, 1.54) is 11.6 Å². The summed E-state index contributed by atoms with van der Waals surface area (Å²) >= 11 is 5.60. The zero-order chi connectivity index (χ0) is 9.30. The van der Waals surface area contributed by atoms with Gasteiger partial charge in [-0.05, 0) is 22.9 Å². The van der Waals surface area contributed by atoms with Crippen molar-refractivity contribution in [1.82, 2.24) is 9.55 Å². The van der Waals surface area contributed by atoms with Gasteiger partial charge in [-0.15, -0.1) is 0 Å². The molecule has 1 aromatic heterocycles. The lowest BCUT2D eigenvalue weighted by molar-refractivity contribution is -0.392. The molecule has 0 N–H and O–H groups in total. The monoisotopic (exact) mass is 189 g/mol. The molecule has 0 aliphatic heterocycles. The van der Waals surface area contributed by atoms with Gasteiger partial charge < -0.3 is 10.1 Å². The predicted octanol–water partition coefficient (Wildman–Crippen LogP) is 1.54. The molecule has 0 saturated heterocycles. The number of nitro groups is 1. The molecule has 0 amide bonds. The summed E-state index contributed by atoms with van der Waals surface area (Å²) in [5.74, 6) is -0.0255. The Balaban J connectivity index is 3.31. The van der Waals surface area contributed by atoms with E-state index in [1.807, 2.05) is 0 Å². The third-order valence-corrected chi connectivity index (χ3v) is 1.93. The van der Waals surface area contributed by atoms with Crippen molar-refractivity contribution >= 4 is 17.4 Å². The molecule has 0 saturated carbocycles. The largest absolute Gasteiger partial charge is 0.358 e. The van der Waals surface area contributed by atoms with Crippen LogP contribution in [0.5, 0.6) is 0 Å². The second-order valence-electron chi connectivity index (χ2n) is 2.32. The molecule has 0 unspecified atom stereocenters. The van der Waals surface area contributed by atoms with Gasteiger partial charge in [-0.25, -0.2) is 0 Å². The fourth-order valence-corrected chi connectivity index (χ4v) is 1.16. The minimum atomic E-state index is -0.474. The molecule has 0 aromatic carbocycles. The third kappa shape index (κ3) is 1.27. The van der Waals surface area contributed by atoms with Crippen LogP contribution in [0, 0.1) is 10.1 Å². The summed E-state index contributed by atoms with van der Waals surface area (Å²) in [6.45, 7) is 1.80. The van der Waals surface area contributed by atoms with Gasteiger partial charge in [0.1, 0.15) is 5.69 Å². The Morgan fingerprint density at radius 3 is 2.67 bits per heavy atom. The van der Waals surface area contributed by atoms with E-state index in [1.54, 1.807) is 6.92 Å². The van der Waals surface area contributed by atoms with E-state index in [4.69, 9.17) is 11.6 Å². The minimum absolute atomic E-state index is 0.0255. The van der Waals surface area contributed by atoms with Gasteiger partial charge in [0.05, 0.1) is 7.05 Å². The van der Waals surface area contributed by atoms with Crippen molar-refractivity contribution in [2.75, 3.05) is 0 Å². The van der Waals surface area contributed by atoms with Crippen molar-refractivity contribution in [1.29, 1.82) is 0 Å². The van der Waals surface area contributed by atoms with E-state index in [0.717, 1.165) is 0 Å². The summed E-state index contributed by atoms with van der Waals surface area (Å²) < 4.78 is 1.26.